The number of nitro benzene ring substituents is 1. The maximum atomic E-state index is 11.8. The molecule has 1 N–H and O–H groups in total. The van der Waals surface area contributed by atoms with Gasteiger partial charge in [-0.3, -0.25) is 14.9 Å². The molecule has 0 saturated carbocycles. The Labute approximate surface area is 132 Å². The summed E-state index contributed by atoms with van der Waals surface area (Å²) in [5.41, 5.74) is -0.700. The molecule has 0 atom stereocenters. The van der Waals surface area contributed by atoms with Crippen LogP contribution in [0, 0.1) is 10.1 Å². The Morgan fingerprint density at radius 1 is 1.36 bits per heavy atom. The van der Waals surface area contributed by atoms with Gasteiger partial charge in [0.1, 0.15) is 5.56 Å². The highest BCUT2D eigenvalue weighted by Crippen LogP contribution is 2.23. The Bertz CT molecular complexity index is 562. The lowest BCUT2D eigenvalue weighted by molar-refractivity contribution is -0.385. The van der Waals surface area contributed by atoms with Crippen molar-refractivity contribution in [2.45, 2.75) is 26.2 Å². The van der Waals surface area contributed by atoms with Gasteiger partial charge >= 0.3 is 5.97 Å². The van der Waals surface area contributed by atoms with E-state index in [0.29, 0.717) is 6.54 Å². The molecule has 0 aliphatic carbocycles. The number of rotatable bonds is 8. The van der Waals surface area contributed by atoms with Crippen molar-refractivity contribution in [2.24, 2.45) is 0 Å². The van der Waals surface area contributed by atoms with Gasteiger partial charge in [0.05, 0.1) is 4.92 Å². The van der Waals surface area contributed by atoms with Crippen molar-refractivity contribution in [1.29, 1.82) is 0 Å². The molecule has 0 bridgehead atoms. The van der Waals surface area contributed by atoms with Gasteiger partial charge in [-0.25, -0.2) is 4.79 Å². The number of halogens is 1. The molecule has 0 unspecified atom stereocenters. The van der Waals surface area contributed by atoms with Crippen molar-refractivity contribution in [3.63, 3.8) is 0 Å². The summed E-state index contributed by atoms with van der Waals surface area (Å²) < 4.78 is 4.78. The number of carbonyl (C=O) groups excluding carboxylic acids is 2. The van der Waals surface area contributed by atoms with Gasteiger partial charge < -0.3 is 10.1 Å². The molecule has 22 heavy (non-hydrogen) atoms. The van der Waals surface area contributed by atoms with Crippen molar-refractivity contribution in [1.82, 2.24) is 5.32 Å². The summed E-state index contributed by atoms with van der Waals surface area (Å²) >= 11 is 5.72. The molecule has 0 spiro atoms. The lowest BCUT2D eigenvalue weighted by atomic mass is 10.2. The number of benzene rings is 1. The fraction of sp³-hybridized carbons (Fsp3) is 0.429. The molecule has 1 rings (SSSR count). The van der Waals surface area contributed by atoms with Crippen LogP contribution in [0.4, 0.5) is 5.69 Å². The third-order valence-corrected chi connectivity index (χ3v) is 3.05. The maximum absolute atomic E-state index is 11.8. The third-order valence-electron chi connectivity index (χ3n) is 2.81. The number of ether oxygens (including phenoxy) is 1. The fourth-order valence-electron chi connectivity index (χ4n) is 1.69. The van der Waals surface area contributed by atoms with E-state index in [1.54, 1.807) is 0 Å². The van der Waals surface area contributed by atoms with Crippen LogP contribution in [0.3, 0.4) is 0 Å². The predicted octanol–water partition coefficient (Wildman–Crippen LogP) is 2.71. The van der Waals surface area contributed by atoms with Crippen molar-refractivity contribution in [3.8, 4) is 0 Å². The van der Waals surface area contributed by atoms with Gasteiger partial charge in [-0.15, -0.1) is 0 Å². The highest BCUT2D eigenvalue weighted by molar-refractivity contribution is 6.31. The molecule has 0 saturated heterocycles. The van der Waals surface area contributed by atoms with E-state index >= 15 is 0 Å². The van der Waals surface area contributed by atoms with Gasteiger partial charge in [0.2, 0.25) is 0 Å². The fourth-order valence-corrected chi connectivity index (χ4v) is 1.87. The minimum atomic E-state index is -0.960. The normalized spacial score (nSPS) is 10.1. The second-order valence-electron chi connectivity index (χ2n) is 4.55. The van der Waals surface area contributed by atoms with E-state index in [1.165, 1.54) is 6.07 Å². The second kappa shape index (κ2) is 8.99. The van der Waals surface area contributed by atoms with Crippen molar-refractivity contribution in [3.05, 3.63) is 38.9 Å². The molecule has 7 nitrogen and oxygen atoms in total. The summed E-state index contributed by atoms with van der Waals surface area (Å²) in [7, 11) is 0. The molecule has 0 aromatic heterocycles. The molecule has 0 aliphatic rings. The standard InChI is InChI=1S/C14H17ClN2O5/c1-2-3-4-7-16-13(18)9-22-14(19)11-8-10(15)5-6-12(11)17(20)21/h5-6,8H,2-4,7,9H2,1H3,(H,16,18). The Kier molecular flexibility index (Phi) is 7.31. The number of carbonyl (C=O) groups is 2. The van der Waals surface area contributed by atoms with Crippen LogP contribution in [0.15, 0.2) is 18.2 Å². The third kappa shape index (κ3) is 5.69. The van der Waals surface area contributed by atoms with Crippen molar-refractivity contribution in [2.75, 3.05) is 13.2 Å². The largest absolute Gasteiger partial charge is 0.452 e. The van der Waals surface area contributed by atoms with E-state index in [2.05, 4.69) is 5.32 Å². The van der Waals surface area contributed by atoms with Crippen molar-refractivity contribution < 1.29 is 19.2 Å². The summed E-state index contributed by atoms with van der Waals surface area (Å²) in [5, 5.41) is 13.6. The van der Waals surface area contributed by atoms with Gasteiger partial charge in [-0.1, -0.05) is 31.4 Å². The van der Waals surface area contributed by atoms with E-state index in [-0.39, 0.29) is 10.6 Å². The average Bonchev–Trinajstić information content (AvgIpc) is 2.48. The van der Waals surface area contributed by atoms with Crippen LogP contribution in [0.25, 0.3) is 0 Å². The van der Waals surface area contributed by atoms with Gasteiger partial charge in [-0.05, 0) is 18.6 Å². The van der Waals surface area contributed by atoms with E-state index in [1.807, 2.05) is 6.92 Å². The first-order valence-corrected chi connectivity index (χ1v) is 7.21. The molecular weight excluding hydrogens is 312 g/mol. The van der Waals surface area contributed by atoms with E-state index < -0.39 is 29.1 Å². The average molecular weight is 329 g/mol. The monoisotopic (exact) mass is 328 g/mol. The van der Waals surface area contributed by atoms with E-state index in [4.69, 9.17) is 16.3 Å². The van der Waals surface area contributed by atoms with Crippen LogP contribution in [0.5, 0.6) is 0 Å². The first-order chi connectivity index (χ1) is 10.5. The molecule has 1 aromatic rings. The zero-order chi connectivity index (χ0) is 16.5. The molecule has 0 radical (unpaired) electrons. The van der Waals surface area contributed by atoms with Crippen LogP contribution in [0.2, 0.25) is 5.02 Å². The second-order valence-corrected chi connectivity index (χ2v) is 4.99. The molecule has 1 aromatic carbocycles. The van der Waals surface area contributed by atoms with Gasteiger partial charge in [0.15, 0.2) is 6.61 Å². The van der Waals surface area contributed by atoms with Crippen LogP contribution in [-0.2, 0) is 9.53 Å². The molecule has 0 aliphatic heterocycles. The van der Waals surface area contributed by atoms with Gasteiger partial charge in [-0.2, -0.15) is 0 Å². The van der Waals surface area contributed by atoms with Crippen molar-refractivity contribution >= 4 is 29.2 Å². The summed E-state index contributed by atoms with van der Waals surface area (Å²) in [6, 6.07) is 3.56. The van der Waals surface area contributed by atoms with Crippen LogP contribution >= 0.6 is 11.6 Å². The molecule has 1 amide bonds. The number of nitro groups is 1. The summed E-state index contributed by atoms with van der Waals surface area (Å²) in [6.07, 6.45) is 2.87. The SMILES string of the molecule is CCCCCNC(=O)COC(=O)c1cc(Cl)ccc1[N+](=O)[O-]. The Morgan fingerprint density at radius 3 is 2.73 bits per heavy atom. The number of hydrogen-bond donors (Lipinski definition) is 1. The molecular formula is C14H17ClN2O5. The molecule has 8 heteroatoms. The summed E-state index contributed by atoms with van der Waals surface area (Å²) in [4.78, 5) is 33.5. The minimum Gasteiger partial charge on any atom is -0.452 e. The van der Waals surface area contributed by atoms with Gasteiger partial charge in [0, 0.05) is 17.6 Å². The number of nitrogens with zero attached hydrogens (tertiary/aromatic N) is 1. The topological polar surface area (TPSA) is 98.5 Å². The van der Waals surface area contributed by atoms with Gasteiger partial charge in [0.25, 0.3) is 11.6 Å². The first-order valence-electron chi connectivity index (χ1n) is 6.83. The first kappa shape index (κ1) is 17.9. The summed E-state index contributed by atoms with van der Waals surface area (Å²) in [5.74, 6) is -1.41. The minimum absolute atomic E-state index is 0.168. The highest BCUT2D eigenvalue weighted by Gasteiger charge is 2.22. The number of unbranched alkanes of at least 4 members (excludes halogenated alkanes) is 2. The van der Waals surface area contributed by atoms with E-state index in [9.17, 15) is 19.7 Å². The lowest BCUT2D eigenvalue weighted by Gasteiger charge is -2.07. The number of esters is 1. The molecule has 0 fully saturated rings. The zero-order valence-corrected chi connectivity index (χ0v) is 12.9. The number of hydrogen-bond acceptors (Lipinski definition) is 5. The Morgan fingerprint density at radius 2 is 2.09 bits per heavy atom. The van der Waals surface area contributed by atoms with Crippen LogP contribution in [-0.4, -0.2) is 30.0 Å². The van der Waals surface area contributed by atoms with Crippen LogP contribution in [0.1, 0.15) is 36.5 Å². The number of nitrogens with one attached hydrogen (secondary N) is 1. The predicted molar refractivity (Wildman–Crippen MR) is 80.9 cm³/mol. The smallest absolute Gasteiger partial charge is 0.345 e. The quantitative estimate of drug-likeness (QED) is 0.342. The van der Waals surface area contributed by atoms with Crippen LogP contribution < -0.4 is 5.32 Å². The van der Waals surface area contributed by atoms with E-state index in [0.717, 1.165) is 31.4 Å². The summed E-state index contributed by atoms with van der Waals surface area (Å²) in [6.45, 7) is 2.05. The molecule has 120 valence electrons. The Hall–Kier alpha value is -2.15. The molecule has 0 heterocycles. The zero-order valence-electron chi connectivity index (χ0n) is 12.1. The lowest BCUT2D eigenvalue weighted by Crippen LogP contribution is -2.29. The number of amides is 1. The maximum Gasteiger partial charge on any atom is 0.345 e. The highest BCUT2D eigenvalue weighted by atomic mass is 35.5. The Balaban J connectivity index is 2.57.